The number of aryl methyl sites for hydroxylation is 1. The highest BCUT2D eigenvalue weighted by Crippen LogP contribution is 2.26. The molecule has 19 heavy (non-hydrogen) atoms. The number of hydrogen-bond acceptors (Lipinski definition) is 3. The molecule has 0 fully saturated rings. The summed E-state index contributed by atoms with van der Waals surface area (Å²) in [6.45, 7) is 4.50. The van der Waals surface area contributed by atoms with E-state index in [1.807, 2.05) is 6.07 Å². The molecular formula is C16H25NO2. The minimum atomic E-state index is 0.192. The van der Waals surface area contributed by atoms with E-state index in [0.717, 1.165) is 25.0 Å². The molecule has 2 N–H and O–H groups in total. The fourth-order valence-corrected chi connectivity index (χ4v) is 2.76. The molecule has 0 amide bonds. The molecule has 1 aliphatic carbocycles. The minimum absolute atomic E-state index is 0.192. The van der Waals surface area contributed by atoms with Crippen LogP contribution in [0, 0.1) is 5.92 Å². The monoisotopic (exact) mass is 263 g/mol. The van der Waals surface area contributed by atoms with Crippen molar-refractivity contribution >= 4 is 0 Å². The summed E-state index contributed by atoms with van der Waals surface area (Å²) >= 11 is 0. The molecule has 2 rings (SSSR count). The molecule has 0 bridgehead atoms. The normalized spacial score (nSPS) is 20.2. The van der Waals surface area contributed by atoms with Gasteiger partial charge in [0.25, 0.3) is 0 Å². The second-order valence-corrected chi connectivity index (χ2v) is 5.77. The molecule has 0 aromatic heterocycles. The Morgan fingerprint density at radius 2 is 2.16 bits per heavy atom. The van der Waals surface area contributed by atoms with Crippen LogP contribution < -0.4 is 10.1 Å². The number of aliphatic hydroxyl groups excluding tert-OH is 1. The van der Waals surface area contributed by atoms with Crippen LogP contribution >= 0.6 is 0 Å². The highest BCUT2D eigenvalue weighted by Gasteiger charge is 2.22. The Bertz CT molecular complexity index is 417. The van der Waals surface area contributed by atoms with Crippen molar-refractivity contribution in [2.45, 2.75) is 45.2 Å². The number of hydrogen-bond donors (Lipinski definition) is 2. The number of benzene rings is 1. The maximum Gasteiger partial charge on any atom is 0.119 e. The van der Waals surface area contributed by atoms with Gasteiger partial charge in [-0.1, -0.05) is 19.9 Å². The van der Waals surface area contributed by atoms with E-state index in [9.17, 15) is 5.11 Å². The van der Waals surface area contributed by atoms with Gasteiger partial charge in [-0.3, -0.25) is 0 Å². The van der Waals surface area contributed by atoms with E-state index in [-0.39, 0.29) is 12.6 Å². The summed E-state index contributed by atoms with van der Waals surface area (Å²) in [4.78, 5) is 0. The molecule has 3 nitrogen and oxygen atoms in total. The molecule has 3 heteroatoms. The SMILES string of the molecule is COc1ccc2c(c1)CC(NC(CO)C(C)C)CC2. The van der Waals surface area contributed by atoms with Crippen LogP contribution in [-0.2, 0) is 12.8 Å². The lowest BCUT2D eigenvalue weighted by atomic mass is 9.87. The summed E-state index contributed by atoms with van der Waals surface area (Å²) in [5.41, 5.74) is 2.81. The van der Waals surface area contributed by atoms with Crippen molar-refractivity contribution in [3.63, 3.8) is 0 Å². The molecule has 0 saturated carbocycles. The van der Waals surface area contributed by atoms with Gasteiger partial charge in [0.15, 0.2) is 0 Å². The summed E-state index contributed by atoms with van der Waals surface area (Å²) in [5, 5.41) is 13.0. The summed E-state index contributed by atoms with van der Waals surface area (Å²) in [5.74, 6) is 1.39. The molecule has 0 saturated heterocycles. The van der Waals surface area contributed by atoms with Gasteiger partial charge in [0.2, 0.25) is 0 Å². The third-order valence-corrected chi connectivity index (χ3v) is 4.09. The standard InChI is InChI=1S/C16H25NO2/c1-11(2)16(10-18)17-14-6-4-12-5-7-15(19-3)9-13(12)8-14/h5,7,9,11,14,16-18H,4,6,8,10H2,1-3H3. The number of methoxy groups -OCH3 is 1. The lowest BCUT2D eigenvalue weighted by molar-refractivity contribution is 0.195. The van der Waals surface area contributed by atoms with Crippen LogP contribution in [0.2, 0.25) is 0 Å². The van der Waals surface area contributed by atoms with E-state index >= 15 is 0 Å². The summed E-state index contributed by atoms with van der Waals surface area (Å²) in [7, 11) is 1.71. The molecular weight excluding hydrogens is 238 g/mol. The quantitative estimate of drug-likeness (QED) is 0.855. The maximum absolute atomic E-state index is 9.42. The number of fused-ring (bicyclic) bond motifs is 1. The Kier molecular flexibility index (Phi) is 4.83. The first-order valence-corrected chi connectivity index (χ1v) is 7.16. The molecule has 2 unspecified atom stereocenters. The van der Waals surface area contributed by atoms with E-state index < -0.39 is 0 Å². The van der Waals surface area contributed by atoms with E-state index in [0.29, 0.717) is 12.0 Å². The van der Waals surface area contributed by atoms with Gasteiger partial charge in [-0.2, -0.15) is 0 Å². The predicted molar refractivity (Wildman–Crippen MR) is 77.7 cm³/mol. The number of nitrogens with one attached hydrogen (secondary N) is 1. The van der Waals surface area contributed by atoms with Crippen molar-refractivity contribution in [2.24, 2.45) is 5.92 Å². The van der Waals surface area contributed by atoms with Crippen molar-refractivity contribution in [2.75, 3.05) is 13.7 Å². The van der Waals surface area contributed by atoms with Crippen LogP contribution in [0.25, 0.3) is 0 Å². The molecule has 2 atom stereocenters. The fraction of sp³-hybridized carbons (Fsp3) is 0.625. The molecule has 1 aromatic carbocycles. The summed E-state index contributed by atoms with van der Waals surface area (Å²) < 4.78 is 5.30. The minimum Gasteiger partial charge on any atom is -0.497 e. The van der Waals surface area contributed by atoms with E-state index in [4.69, 9.17) is 4.74 Å². The maximum atomic E-state index is 9.42. The Labute approximate surface area is 116 Å². The average Bonchev–Trinajstić information content (AvgIpc) is 2.43. The molecule has 1 aliphatic rings. The van der Waals surface area contributed by atoms with Crippen LogP contribution in [0.15, 0.2) is 18.2 Å². The second kappa shape index (κ2) is 6.40. The van der Waals surface area contributed by atoms with Crippen molar-refractivity contribution in [1.29, 1.82) is 0 Å². The highest BCUT2D eigenvalue weighted by atomic mass is 16.5. The van der Waals surface area contributed by atoms with Gasteiger partial charge in [-0.25, -0.2) is 0 Å². The number of ether oxygens (including phenoxy) is 1. The van der Waals surface area contributed by atoms with E-state index in [2.05, 4.69) is 31.3 Å². The van der Waals surface area contributed by atoms with Gasteiger partial charge in [-0.05, 0) is 48.4 Å². The zero-order valence-corrected chi connectivity index (χ0v) is 12.1. The molecule has 0 radical (unpaired) electrons. The van der Waals surface area contributed by atoms with Crippen molar-refractivity contribution < 1.29 is 9.84 Å². The number of rotatable bonds is 5. The zero-order valence-electron chi connectivity index (χ0n) is 12.1. The van der Waals surface area contributed by atoms with Crippen molar-refractivity contribution in [3.8, 4) is 5.75 Å². The second-order valence-electron chi connectivity index (χ2n) is 5.77. The zero-order chi connectivity index (χ0) is 13.8. The topological polar surface area (TPSA) is 41.5 Å². The average molecular weight is 263 g/mol. The van der Waals surface area contributed by atoms with Crippen LogP contribution in [0.4, 0.5) is 0 Å². The Hall–Kier alpha value is -1.06. The molecule has 0 aliphatic heterocycles. The lowest BCUT2D eigenvalue weighted by Gasteiger charge is -2.31. The van der Waals surface area contributed by atoms with Gasteiger partial charge in [-0.15, -0.1) is 0 Å². The molecule has 106 valence electrons. The van der Waals surface area contributed by atoms with E-state index in [1.165, 1.54) is 11.1 Å². The first kappa shape index (κ1) is 14.4. The van der Waals surface area contributed by atoms with Gasteiger partial charge >= 0.3 is 0 Å². The Morgan fingerprint density at radius 1 is 1.37 bits per heavy atom. The molecule has 0 spiro atoms. The third-order valence-electron chi connectivity index (χ3n) is 4.09. The Morgan fingerprint density at radius 3 is 2.79 bits per heavy atom. The van der Waals surface area contributed by atoms with Gasteiger partial charge < -0.3 is 15.2 Å². The van der Waals surface area contributed by atoms with Crippen LogP contribution in [0.3, 0.4) is 0 Å². The fourth-order valence-electron chi connectivity index (χ4n) is 2.76. The first-order chi connectivity index (χ1) is 9.13. The smallest absolute Gasteiger partial charge is 0.119 e. The van der Waals surface area contributed by atoms with Crippen molar-refractivity contribution in [3.05, 3.63) is 29.3 Å². The lowest BCUT2D eigenvalue weighted by Crippen LogP contribution is -2.46. The Balaban J connectivity index is 2.04. The van der Waals surface area contributed by atoms with Crippen LogP contribution in [0.1, 0.15) is 31.4 Å². The molecule has 1 aromatic rings. The summed E-state index contributed by atoms with van der Waals surface area (Å²) in [6.07, 6.45) is 3.27. The predicted octanol–water partition coefficient (Wildman–Crippen LogP) is 2.16. The van der Waals surface area contributed by atoms with Gasteiger partial charge in [0, 0.05) is 12.1 Å². The van der Waals surface area contributed by atoms with Crippen LogP contribution in [0.5, 0.6) is 5.75 Å². The van der Waals surface area contributed by atoms with E-state index in [1.54, 1.807) is 7.11 Å². The first-order valence-electron chi connectivity index (χ1n) is 7.16. The largest absolute Gasteiger partial charge is 0.497 e. The van der Waals surface area contributed by atoms with Crippen molar-refractivity contribution in [1.82, 2.24) is 5.32 Å². The van der Waals surface area contributed by atoms with Crippen LogP contribution in [-0.4, -0.2) is 30.9 Å². The van der Waals surface area contributed by atoms with Gasteiger partial charge in [0.1, 0.15) is 5.75 Å². The highest BCUT2D eigenvalue weighted by molar-refractivity contribution is 5.37. The summed E-state index contributed by atoms with van der Waals surface area (Å²) in [6, 6.07) is 7.01. The molecule has 0 heterocycles. The third kappa shape index (κ3) is 3.48. The van der Waals surface area contributed by atoms with Gasteiger partial charge in [0.05, 0.1) is 13.7 Å². The number of aliphatic hydroxyl groups is 1.